The monoisotopic (exact) mass is 258 g/mol. The Kier molecular flexibility index (Phi) is 5.41. The summed E-state index contributed by atoms with van der Waals surface area (Å²) in [6, 6.07) is 0. The van der Waals surface area contributed by atoms with Crippen molar-refractivity contribution in [3.8, 4) is 0 Å². The van der Waals surface area contributed by atoms with Crippen molar-refractivity contribution >= 4 is 28.4 Å². The molecule has 1 aromatic heterocycles. The van der Waals surface area contributed by atoms with E-state index in [-0.39, 0.29) is 10.8 Å². The van der Waals surface area contributed by atoms with Crippen LogP contribution in [0.4, 0.5) is 5.13 Å². The zero-order valence-electron chi connectivity index (χ0n) is 9.43. The second-order valence-corrected chi connectivity index (χ2v) is 4.20. The average Bonchev–Trinajstić information content (AvgIpc) is 2.73. The highest BCUT2D eigenvalue weighted by Gasteiger charge is 2.08. The molecule has 0 spiro atoms. The molecular weight excluding hydrogens is 244 g/mol. The van der Waals surface area contributed by atoms with E-state index in [9.17, 15) is 9.59 Å². The molecular formula is C10H14N2O4S. The highest BCUT2D eigenvalue weighted by atomic mass is 32.1. The molecule has 0 aliphatic carbocycles. The third kappa shape index (κ3) is 4.81. The topological polar surface area (TPSA) is 88.5 Å². The number of thiazole rings is 1. The first kappa shape index (κ1) is 13.4. The van der Waals surface area contributed by atoms with Crippen molar-refractivity contribution in [1.29, 1.82) is 0 Å². The lowest BCUT2D eigenvalue weighted by Gasteiger charge is -2.02. The van der Waals surface area contributed by atoms with Crippen molar-refractivity contribution in [2.24, 2.45) is 0 Å². The first-order valence-corrected chi connectivity index (χ1v) is 6.03. The van der Waals surface area contributed by atoms with Gasteiger partial charge in [0.15, 0.2) is 5.13 Å². The second kappa shape index (κ2) is 6.85. The maximum Gasteiger partial charge on any atom is 0.347 e. The average molecular weight is 258 g/mol. The van der Waals surface area contributed by atoms with Crippen LogP contribution in [0.1, 0.15) is 29.4 Å². The highest BCUT2D eigenvalue weighted by Crippen LogP contribution is 2.17. The third-order valence-electron chi connectivity index (χ3n) is 1.86. The zero-order valence-corrected chi connectivity index (χ0v) is 10.2. The van der Waals surface area contributed by atoms with Crippen LogP contribution in [0.15, 0.2) is 6.20 Å². The number of hydrogen-bond acceptors (Lipinski definition) is 6. The fraction of sp³-hybridized carbons (Fsp3) is 0.500. The van der Waals surface area contributed by atoms with Crippen LogP contribution in [-0.2, 0) is 9.53 Å². The lowest BCUT2D eigenvalue weighted by molar-refractivity contribution is -0.143. The Morgan fingerprint density at radius 1 is 1.59 bits per heavy atom. The van der Waals surface area contributed by atoms with Gasteiger partial charge in [0.1, 0.15) is 4.88 Å². The lowest BCUT2D eigenvalue weighted by atomic mass is 10.3. The van der Waals surface area contributed by atoms with Gasteiger partial charge in [0.25, 0.3) is 0 Å². The molecule has 94 valence electrons. The number of aromatic carboxylic acids is 1. The van der Waals surface area contributed by atoms with Crippen LogP contribution in [0.5, 0.6) is 0 Å². The van der Waals surface area contributed by atoms with E-state index in [0.29, 0.717) is 31.1 Å². The number of rotatable bonds is 7. The van der Waals surface area contributed by atoms with Crippen LogP contribution in [0.2, 0.25) is 0 Å². The molecule has 1 heterocycles. The number of carboxylic acid groups (broad SMARTS) is 1. The number of nitrogens with one attached hydrogen (secondary N) is 1. The summed E-state index contributed by atoms with van der Waals surface area (Å²) in [5.74, 6) is -1.21. The van der Waals surface area contributed by atoms with E-state index in [1.807, 2.05) is 0 Å². The Hall–Kier alpha value is -1.63. The smallest absolute Gasteiger partial charge is 0.347 e. The molecule has 0 radical (unpaired) electrons. The molecule has 1 rings (SSSR count). The molecule has 7 heteroatoms. The van der Waals surface area contributed by atoms with E-state index in [0.717, 1.165) is 11.3 Å². The van der Waals surface area contributed by atoms with Gasteiger partial charge in [0.05, 0.1) is 12.8 Å². The van der Waals surface area contributed by atoms with Crippen LogP contribution in [0.25, 0.3) is 0 Å². The number of nitrogens with zero attached hydrogens (tertiary/aromatic N) is 1. The zero-order chi connectivity index (χ0) is 12.7. The Morgan fingerprint density at radius 2 is 2.35 bits per heavy atom. The SMILES string of the molecule is CCOC(=O)CCCNc1ncc(C(=O)O)s1. The third-order valence-corrected chi connectivity index (χ3v) is 2.80. The minimum absolute atomic E-state index is 0.192. The molecule has 17 heavy (non-hydrogen) atoms. The number of hydrogen-bond donors (Lipinski definition) is 2. The van der Waals surface area contributed by atoms with Crippen molar-refractivity contribution in [2.45, 2.75) is 19.8 Å². The second-order valence-electron chi connectivity index (χ2n) is 3.17. The minimum atomic E-state index is -0.984. The van der Waals surface area contributed by atoms with Crippen LogP contribution >= 0.6 is 11.3 Å². The fourth-order valence-corrected chi connectivity index (χ4v) is 1.80. The van der Waals surface area contributed by atoms with Crippen LogP contribution in [0, 0.1) is 0 Å². The van der Waals surface area contributed by atoms with E-state index in [1.54, 1.807) is 6.92 Å². The van der Waals surface area contributed by atoms with Gasteiger partial charge in [-0.2, -0.15) is 0 Å². The quantitative estimate of drug-likeness (QED) is 0.570. The van der Waals surface area contributed by atoms with E-state index in [1.165, 1.54) is 6.20 Å². The summed E-state index contributed by atoms with van der Waals surface area (Å²) in [6.45, 7) is 2.71. The Morgan fingerprint density at radius 3 is 2.94 bits per heavy atom. The maximum absolute atomic E-state index is 11.0. The predicted molar refractivity (Wildman–Crippen MR) is 63.4 cm³/mol. The maximum atomic E-state index is 11.0. The van der Waals surface area contributed by atoms with Crippen molar-refractivity contribution in [2.75, 3.05) is 18.5 Å². The van der Waals surface area contributed by atoms with Crippen molar-refractivity contribution in [3.05, 3.63) is 11.1 Å². The van der Waals surface area contributed by atoms with Crippen LogP contribution < -0.4 is 5.32 Å². The molecule has 0 atom stereocenters. The van der Waals surface area contributed by atoms with Gasteiger partial charge in [0.2, 0.25) is 0 Å². The Labute approximate surface area is 103 Å². The summed E-state index contributed by atoms with van der Waals surface area (Å²) >= 11 is 1.07. The van der Waals surface area contributed by atoms with Gasteiger partial charge in [-0.15, -0.1) is 0 Å². The summed E-state index contributed by atoms with van der Waals surface area (Å²) in [4.78, 5) is 25.7. The summed E-state index contributed by atoms with van der Waals surface area (Å²) in [5.41, 5.74) is 0. The predicted octanol–water partition coefficient (Wildman–Crippen LogP) is 1.60. The highest BCUT2D eigenvalue weighted by molar-refractivity contribution is 7.17. The van der Waals surface area contributed by atoms with Crippen molar-refractivity contribution in [3.63, 3.8) is 0 Å². The fourth-order valence-electron chi connectivity index (χ4n) is 1.12. The first-order chi connectivity index (χ1) is 8.13. The van der Waals surface area contributed by atoms with E-state index < -0.39 is 5.97 Å². The molecule has 0 amide bonds. The molecule has 0 aromatic carbocycles. The molecule has 0 unspecified atom stereocenters. The Balaban J connectivity index is 2.22. The molecule has 0 bridgehead atoms. The van der Waals surface area contributed by atoms with Gasteiger partial charge in [-0.25, -0.2) is 9.78 Å². The summed E-state index contributed by atoms with van der Waals surface area (Å²) in [7, 11) is 0. The van der Waals surface area contributed by atoms with Gasteiger partial charge in [0, 0.05) is 13.0 Å². The summed E-state index contributed by atoms with van der Waals surface area (Å²) in [5, 5.41) is 12.2. The molecule has 0 aliphatic rings. The van der Waals surface area contributed by atoms with Crippen molar-refractivity contribution < 1.29 is 19.4 Å². The molecule has 0 saturated carbocycles. The molecule has 0 fully saturated rings. The van der Waals surface area contributed by atoms with Gasteiger partial charge >= 0.3 is 11.9 Å². The van der Waals surface area contributed by atoms with Gasteiger partial charge in [-0.05, 0) is 13.3 Å². The molecule has 1 aromatic rings. The van der Waals surface area contributed by atoms with Gasteiger partial charge in [-0.1, -0.05) is 11.3 Å². The largest absolute Gasteiger partial charge is 0.477 e. The lowest BCUT2D eigenvalue weighted by Crippen LogP contribution is -2.07. The number of esters is 1. The normalized spacial score (nSPS) is 9.94. The summed E-state index contributed by atoms with van der Waals surface area (Å²) in [6.07, 6.45) is 2.28. The van der Waals surface area contributed by atoms with Gasteiger partial charge < -0.3 is 15.2 Å². The van der Waals surface area contributed by atoms with E-state index in [2.05, 4.69) is 10.3 Å². The number of ether oxygens (including phenoxy) is 1. The van der Waals surface area contributed by atoms with E-state index >= 15 is 0 Å². The molecule has 2 N–H and O–H groups in total. The minimum Gasteiger partial charge on any atom is -0.477 e. The van der Waals surface area contributed by atoms with Crippen LogP contribution in [0.3, 0.4) is 0 Å². The van der Waals surface area contributed by atoms with Gasteiger partial charge in [-0.3, -0.25) is 4.79 Å². The van der Waals surface area contributed by atoms with E-state index in [4.69, 9.17) is 9.84 Å². The number of aromatic nitrogens is 1. The summed E-state index contributed by atoms with van der Waals surface area (Å²) < 4.78 is 4.77. The molecule has 0 aliphatic heterocycles. The first-order valence-electron chi connectivity index (χ1n) is 5.22. The molecule has 6 nitrogen and oxygen atoms in total. The number of carbonyl (C=O) groups excluding carboxylic acids is 1. The number of carbonyl (C=O) groups is 2. The van der Waals surface area contributed by atoms with Crippen molar-refractivity contribution in [1.82, 2.24) is 4.98 Å². The standard InChI is InChI=1S/C10H14N2O4S/c1-2-16-8(13)4-3-5-11-10-12-6-7(17-10)9(14)15/h6H,2-5H2,1H3,(H,11,12)(H,14,15). The molecule has 0 saturated heterocycles. The number of anilines is 1. The number of carboxylic acids is 1. The Bertz CT molecular complexity index is 391. The van der Waals surface area contributed by atoms with Crippen LogP contribution in [-0.4, -0.2) is 35.2 Å².